The summed E-state index contributed by atoms with van der Waals surface area (Å²) in [5, 5.41) is 102. The fourth-order valence-electron chi connectivity index (χ4n) is 11.0. The molecule has 0 aromatic heterocycles. The summed E-state index contributed by atoms with van der Waals surface area (Å²) >= 11 is 0. The quantitative estimate of drug-likeness (QED) is 0.0252. The van der Waals surface area contributed by atoms with Crippen molar-refractivity contribution in [3.05, 3.63) is 0 Å². The van der Waals surface area contributed by atoms with Gasteiger partial charge in [0.15, 0.2) is 12.6 Å². The monoisotopic (exact) mass is 1710 g/mol. The van der Waals surface area contributed by atoms with E-state index in [1.807, 2.05) is 0 Å². The lowest BCUT2D eigenvalue weighted by Crippen LogP contribution is -2.70. The number of aliphatic hydroxyl groups excluding tert-OH is 5. The first-order valence-electron chi connectivity index (χ1n) is 37.8. The van der Waals surface area contributed by atoms with Crippen LogP contribution in [0.5, 0.6) is 0 Å². The van der Waals surface area contributed by atoms with Crippen molar-refractivity contribution in [1.29, 1.82) is 0 Å². The number of amides is 19. The van der Waals surface area contributed by atoms with Crippen molar-refractivity contribution in [2.45, 2.75) is 241 Å². The Kier molecular flexibility index (Phi) is 46.7. The number of carbonyl (C=O) groups excluding carboxylic acids is 19. The van der Waals surface area contributed by atoms with Gasteiger partial charge in [-0.15, -0.1) is 0 Å². The SMILES string of the molecule is CC(=O)NC1C(OC2C(CO)OC(O)C(NC(C)=O)C2OC(C)C(=O)NC(C)C(=O)NC(CCC(=O)NC(CCCCNC(=O)CN)C(=O)NC(C)C(=O)NCC(=O)NCC(=O)NCC(=O)NCC(=O)NCC(=O)NCCCCC(NC(=O)CCC(NC(=O)C(C)N)C(N)=O)C(=O)NC(C)C(=O)NC(C)C(=O)O)C(N)=O)OC(CO)C(O)C1O. The van der Waals surface area contributed by atoms with Crippen molar-refractivity contribution in [3.8, 4) is 0 Å². The lowest BCUT2D eigenvalue weighted by Gasteiger charge is -2.48. The van der Waals surface area contributed by atoms with Gasteiger partial charge in [-0.3, -0.25) is 95.9 Å². The van der Waals surface area contributed by atoms with Gasteiger partial charge in [0, 0.05) is 39.8 Å². The molecule has 51 nitrogen and oxygen atoms in total. The number of unbranched alkanes of at least 4 members (excludes halogenated alkanes) is 2. The molecule has 672 valence electrons. The molecule has 2 fully saturated rings. The van der Waals surface area contributed by atoms with Crippen molar-refractivity contribution >= 4 is 118 Å². The van der Waals surface area contributed by atoms with Crippen molar-refractivity contribution in [3.63, 3.8) is 0 Å². The molecule has 20 unspecified atom stereocenters. The Labute approximate surface area is 681 Å². The van der Waals surface area contributed by atoms with Gasteiger partial charge in [0.05, 0.1) is 58.5 Å². The first-order chi connectivity index (χ1) is 55.8. The number of aliphatic hydroxyl groups is 5. The van der Waals surface area contributed by atoms with Gasteiger partial charge in [-0.25, -0.2) is 0 Å². The van der Waals surface area contributed by atoms with Gasteiger partial charge in [-0.1, -0.05) is 0 Å². The molecule has 31 N–H and O–H groups in total. The van der Waals surface area contributed by atoms with Gasteiger partial charge in [-0.05, 0) is 92.9 Å². The number of ether oxygens (including phenoxy) is 4. The van der Waals surface area contributed by atoms with Gasteiger partial charge < -0.3 is 163 Å². The Morgan fingerprint density at radius 3 is 1.22 bits per heavy atom. The number of hydrogen-bond acceptors (Lipinski definition) is 31. The van der Waals surface area contributed by atoms with Crippen molar-refractivity contribution in [1.82, 2.24) is 90.4 Å². The van der Waals surface area contributed by atoms with Crippen LogP contribution in [-0.4, -0.2) is 336 Å². The first kappa shape index (κ1) is 104. The minimum atomic E-state index is -1.94. The van der Waals surface area contributed by atoms with Crippen LogP contribution in [0.3, 0.4) is 0 Å². The van der Waals surface area contributed by atoms with E-state index in [4.69, 9.17) is 47.0 Å². The molecule has 2 aliphatic rings. The lowest BCUT2D eigenvalue weighted by atomic mass is 9.94. The van der Waals surface area contributed by atoms with Gasteiger partial charge >= 0.3 is 5.97 Å². The molecule has 2 heterocycles. The lowest BCUT2D eigenvalue weighted by molar-refractivity contribution is -0.333. The fourth-order valence-corrected chi connectivity index (χ4v) is 11.0. The van der Waals surface area contributed by atoms with Crippen LogP contribution in [0, 0.1) is 0 Å². The average Bonchev–Trinajstić information content (AvgIpc) is 0.775. The third-order valence-electron chi connectivity index (χ3n) is 17.7. The molecule has 0 aromatic rings. The van der Waals surface area contributed by atoms with E-state index >= 15 is 0 Å². The second-order valence-corrected chi connectivity index (χ2v) is 27.8. The third kappa shape index (κ3) is 38.9. The second kappa shape index (κ2) is 53.4. The number of carboxylic acids is 1. The van der Waals surface area contributed by atoms with E-state index in [1.54, 1.807) is 0 Å². The van der Waals surface area contributed by atoms with E-state index in [0.29, 0.717) is 0 Å². The molecule has 51 heteroatoms. The van der Waals surface area contributed by atoms with Crippen molar-refractivity contribution < 1.29 is 145 Å². The molecular formula is C68H115N21O30. The van der Waals surface area contributed by atoms with Crippen LogP contribution in [0.1, 0.15) is 120 Å². The molecule has 0 bridgehead atoms. The van der Waals surface area contributed by atoms with E-state index < -0.39 is 305 Å². The Balaban J connectivity index is 1.94. The van der Waals surface area contributed by atoms with Crippen molar-refractivity contribution in [2.75, 3.05) is 65.6 Å². The molecule has 2 rings (SSSR count). The summed E-state index contributed by atoms with van der Waals surface area (Å²) in [4.78, 5) is 253. The summed E-state index contributed by atoms with van der Waals surface area (Å²) in [5.74, 6) is -17.7. The van der Waals surface area contributed by atoms with Crippen LogP contribution < -0.4 is 113 Å². The number of carbonyl (C=O) groups is 20. The van der Waals surface area contributed by atoms with Crippen molar-refractivity contribution in [2.24, 2.45) is 22.9 Å². The van der Waals surface area contributed by atoms with Gasteiger partial charge in [-0.2, -0.15) is 0 Å². The molecule has 2 saturated heterocycles. The molecule has 119 heavy (non-hydrogen) atoms. The summed E-state index contributed by atoms with van der Waals surface area (Å²) in [6, 6.07) is -15.2. The van der Waals surface area contributed by atoms with Crippen LogP contribution >= 0.6 is 0 Å². The fraction of sp³-hybridized carbons (Fsp3) is 0.706. The Morgan fingerprint density at radius 2 is 0.798 bits per heavy atom. The van der Waals surface area contributed by atoms with Crippen LogP contribution in [0.15, 0.2) is 0 Å². The topological polar surface area (TPSA) is 808 Å². The second-order valence-electron chi connectivity index (χ2n) is 27.8. The molecule has 19 amide bonds. The number of hydrogen-bond donors (Lipinski definition) is 27. The highest BCUT2D eigenvalue weighted by Gasteiger charge is 2.53. The minimum absolute atomic E-state index is 0.0107. The standard InChI is InChI=1S/C68H115N21O30/c1-29(70)59(106)88-37(57(71)104)15-17-43(94)87-40(65(112)82-31(3)61(108)83-33(5)66(113)114)14-10-12-20-74-46(97)22-75-47(98)23-76-48(99)24-77-49(100)25-78-50(101)26-79-60(107)30(2)81-64(111)39(13-9-11-19-73-45(96)21-69)86-44(95)18-16-38(58(72)105)89-62(109)32(4)80-63(110)34(6)116-56-52(85-36(8)93)67(115)117-42(28-91)55(56)119-68-51(84-35(7)92)54(103)53(102)41(27-90)118-68/h29-34,37-42,51-56,67-68,90-91,102-103,115H,9-28,69-70H2,1-8H3,(H2,71,104)(H2,72,105)(H,73,96)(H,74,97)(H,75,98)(H,76,99)(H,77,100)(H,78,101)(H,79,107)(H,80,110)(H,81,111)(H,82,112)(H,83,108)(H,84,92)(H,85,93)(H,86,95)(H,87,94)(H,88,106)(H,89,109)(H,113,114). The predicted octanol–water partition coefficient (Wildman–Crippen LogP) is -15.7. The molecule has 0 saturated carbocycles. The maximum absolute atomic E-state index is 13.7. The molecule has 0 aliphatic carbocycles. The summed E-state index contributed by atoms with van der Waals surface area (Å²) < 4.78 is 23.3. The zero-order valence-corrected chi connectivity index (χ0v) is 67.0. The number of primary amides is 2. The molecule has 0 radical (unpaired) electrons. The van der Waals surface area contributed by atoms with E-state index in [-0.39, 0.29) is 64.6 Å². The van der Waals surface area contributed by atoms with E-state index in [9.17, 15) is 121 Å². The Bertz CT molecular complexity index is 3530. The summed E-state index contributed by atoms with van der Waals surface area (Å²) in [6.07, 6.45) is -16.5. The van der Waals surface area contributed by atoms with Gasteiger partial charge in [0.25, 0.3) is 0 Å². The number of rotatable bonds is 53. The van der Waals surface area contributed by atoms with Crippen LogP contribution in [0.25, 0.3) is 0 Å². The maximum Gasteiger partial charge on any atom is 0.325 e. The van der Waals surface area contributed by atoms with Gasteiger partial charge in [0.1, 0.15) is 103 Å². The highest BCUT2D eigenvalue weighted by molar-refractivity contribution is 5.97. The summed E-state index contributed by atoms with van der Waals surface area (Å²) in [5.41, 5.74) is 21.8. The molecule has 0 aromatic carbocycles. The maximum atomic E-state index is 13.7. The zero-order valence-electron chi connectivity index (χ0n) is 67.0. The van der Waals surface area contributed by atoms with E-state index in [1.165, 1.54) is 41.5 Å². The highest BCUT2D eigenvalue weighted by Crippen LogP contribution is 2.31. The molecular weight excluding hydrogens is 1590 g/mol. The Hall–Kier alpha value is -11.0. The van der Waals surface area contributed by atoms with Gasteiger partial charge in [0.2, 0.25) is 112 Å². The third-order valence-corrected chi connectivity index (χ3v) is 17.7. The van der Waals surface area contributed by atoms with Crippen LogP contribution in [-0.2, 0) is 115 Å². The average molecular weight is 1710 g/mol. The number of carboxylic acid groups (broad SMARTS) is 1. The Morgan fingerprint density at radius 1 is 0.403 bits per heavy atom. The number of nitrogens with one attached hydrogen (secondary N) is 17. The normalized spacial score (nSPS) is 21.2. The van der Waals surface area contributed by atoms with E-state index in [0.717, 1.165) is 13.8 Å². The summed E-state index contributed by atoms with van der Waals surface area (Å²) in [7, 11) is 0. The zero-order chi connectivity index (χ0) is 90.1. The minimum Gasteiger partial charge on any atom is -0.480 e. The van der Waals surface area contributed by atoms with Crippen LogP contribution in [0.2, 0.25) is 0 Å². The highest BCUT2D eigenvalue weighted by atomic mass is 16.7. The number of aliphatic carboxylic acids is 1. The first-order valence-corrected chi connectivity index (χ1v) is 37.8. The largest absolute Gasteiger partial charge is 0.480 e. The smallest absolute Gasteiger partial charge is 0.325 e. The predicted molar refractivity (Wildman–Crippen MR) is 404 cm³/mol. The number of nitrogens with two attached hydrogens (primary N) is 4. The van der Waals surface area contributed by atoms with E-state index in [2.05, 4.69) is 90.4 Å². The molecule has 20 atom stereocenters. The molecule has 2 aliphatic heterocycles. The van der Waals surface area contributed by atoms with Crippen LogP contribution in [0.4, 0.5) is 0 Å². The summed E-state index contributed by atoms with van der Waals surface area (Å²) in [6.45, 7) is 4.11. The molecule has 0 spiro atoms.